The molecule has 4 nitrogen and oxygen atoms in total. The maximum Gasteiger partial charge on any atom is 0.307 e. The van der Waals surface area contributed by atoms with Crippen molar-refractivity contribution in [2.24, 2.45) is 5.92 Å². The van der Waals surface area contributed by atoms with Gasteiger partial charge >= 0.3 is 5.97 Å². The number of hydrogen-bond donors (Lipinski definition) is 1. The van der Waals surface area contributed by atoms with Gasteiger partial charge in [0.15, 0.2) is 0 Å². The highest BCUT2D eigenvalue weighted by molar-refractivity contribution is 5.69. The molecule has 0 radical (unpaired) electrons. The second kappa shape index (κ2) is 12.4. The van der Waals surface area contributed by atoms with E-state index in [4.69, 9.17) is 9.84 Å². The Morgan fingerprint density at radius 1 is 1.16 bits per heavy atom. The van der Waals surface area contributed by atoms with Crippen LogP contribution in [-0.2, 0) is 9.53 Å². The van der Waals surface area contributed by atoms with Crippen LogP contribution in [0.5, 0.6) is 0 Å². The quantitative estimate of drug-likeness (QED) is 0.524. The van der Waals surface area contributed by atoms with E-state index < -0.39 is 5.97 Å². The Labute approximate surface area is 118 Å². The third-order valence-electron chi connectivity index (χ3n) is 3.35. The molecule has 4 heteroatoms. The summed E-state index contributed by atoms with van der Waals surface area (Å²) in [5.41, 5.74) is 0. The maximum atomic E-state index is 10.9. The standard InChI is InChI=1S/C15H31NO3/c1-4-5-6-7-8-10-16(11-9-12-19-3)13-14(2)15(17)18/h14H,4-13H2,1-3H3,(H,17,18). The number of ether oxygens (including phenoxy) is 1. The van der Waals surface area contributed by atoms with Crippen molar-refractivity contribution in [2.45, 2.75) is 52.4 Å². The summed E-state index contributed by atoms with van der Waals surface area (Å²) < 4.78 is 5.06. The molecule has 0 bridgehead atoms. The largest absolute Gasteiger partial charge is 0.481 e. The minimum atomic E-state index is -0.706. The van der Waals surface area contributed by atoms with Crippen molar-refractivity contribution < 1.29 is 14.6 Å². The third-order valence-corrected chi connectivity index (χ3v) is 3.35. The Kier molecular flexibility index (Phi) is 12.0. The highest BCUT2D eigenvalue weighted by Crippen LogP contribution is 2.07. The molecule has 19 heavy (non-hydrogen) atoms. The van der Waals surface area contributed by atoms with Crippen molar-refractivity contribution in [1.29, 1.82) is 0 Å². The van der Waals surface area contributed by atoms with Gasteiger partial charge in [0.25, 0.3) is 0 Å². The van der Waals surface area contributed by atoms with Gasteiger partial charge in [-0.3, -0.25) is 4.79 Å². The number of aliphatic carboxylic acids is 1. The molecule has 0 spiro atoms. The summed E-state index contributed by atoms with van der Waals surface area (Å²) in [5, 5.41) is 8.99. The van der Waals surface area contributed by atoms with Gasteiger partial charge in [-0.05, 0) is 19.4 Å². The Bertz CT molecular complexity index is 221. The SMILES string of the molecule is CCCCCCCN(CCCOC)CC(C)C(=O)O. The number of rotatable bonds is 13. The van der Waals surface area contributed by atoms with Crippen LogP contribution in [0.3, 0.4) is 0 Å². The number of carboxylic acid groups (broad SMARTS) is 1. The summed E-state index contributed by atoms with van der Waals surface area (Å²) >= 11 is 0. The van der Waals surface area contributed by atoms with E-state index >= 15 is 0 Å². The van der Waals surface area contributed by atoms with Crippen molar-refractivity contribution >= 4 is 5.97 Å². The summed E-state index contributed by atoms with van der Waals surface area (Å²) in [6.45, 7) is 7.32. The van der Waals surface area contributed by atoms with Crippen LogP contribution in [0.2, 0.25) is 0 Å². The van der Waals surface area contributed by atoms with Gasteiger partial charge in [0.2, 0.25) is 0 Å². The molecule has 0 saturated heterocycles. The number of methoxy groups -OCH3 is 1. The Balaban J connectivity index is 3.92. The van der Waals surface area contributed by atoms with E-state index in [2.05, 4.69) is 11.8 Å². The molecule has 0 heterocycles. The van der Waals surface area contributed by atoms with Gasteiger partial charge in [-0.2, -0.15) is 0 Å². The number of unbranched alkanes of at least 4 members (excludes halogenated alkanes) is 4. The Morgan fingerprint density at radius 3 is 2.37 bits per heavy atom. The first-order valence-electron chi connectivity index (χ1n) is 7.55. The van der Waals surface area contributed by atoms with Crippen molar-refractivity contribution in [3.8, 4) is 0 Å². The molecule has 0 aliphatic rings. The van der Waals surface area contributed by atoms with Gasteiger partial charge in [0.05, 0.1) is 5.92 Å². The minimum Gasteiger partial charge on any atom is -0.481 e. The lowest BCUT2D eigenvalue weighted by Crippen LogP contribution is -2.34. The van der Waals surface area contributed by atoms with Gasteiger partial charge in [-0.15, -0.1) is 0 Å². The first-order chi connectivity index (χ1) is 9.11. The first-order valence-corrected chi connectivity index (χ1v) is 7.55. The van der Waals surface area contributed by atoms with E-state index in [1.165, 1.54) is 32.1 Å². The van der Waals surface area contributed by atoms with E-state index in [9.17, 15) is 4.79 Å². The van der Waals surface area contributed by atoms with Crippen molar-refractivity contribution in [2.75, 3.05) is 33.4 Å². The zero-order valence-corrected chi connectivity index (χ0v) is 12.9. The molecular formula is C15H31NO3. The van der Waals surface area contributed by atoms with Crippen LogP contribution in [0.4, 0.5) is 0 Å². The van der Waals surface area contributed by atoms with Crippen molar-refractivity contribution in [1.82, 2.24) is 4.90 Å². The van der Waals surface area contributed by atoms with Gasteiger partial charge in [0.1, 0.15) is 0 Å². The predicted molar refractivity (Wildman–Crippen MR) is 78.5 cm³/mol. The normalized spacial score (nSPS) is 12.8. The molecular weight excluding hydrogens is 242 g/mol. The van der Waals surface area contributed by atoms with Crippen molar-refractivity contribution in [3.05, 3.63) is 0 Å². The summed E-state index contributed by atoms with van der Waals surface area (Å²) in [7, 11) is 1.70. The highest BCUT2D eigenvalue weighted by atomic mass is 16.5. The zero-order valence-electron chi connectivity index (χ0n) is 12.9. The maximum absolute atomic E-state index is 10.9. The first kappa shape index (κ1) is 18.4. The Morgan fingerprint density at radius 2 is 1.79 bits per heavy atom. The van der Waals surface area contributed by atoms with Crippen LogP contribution >= 0.6 is 0 Å². The second-order valence-electron chi connectivity index (χ2n) is 5.30. The fourth-order valence-corrected chi connectivity index (χ4v) is 2.13. The lowest BCUT2D eigenvalue weighted by molar-refractivity contribution is -0.141. The lowest BCUT2D eigenvalue weighted by Gasteiger charge is -2.24. The number of hydrogen-bond acceptors (Lipinski definition) is 3. The fraction of sp³-hybridized carbons (Fsp3) is 0.933. The molecule has 0 rings (SSSR count). The summed E-state index contributed by atoms with van der Waals surface area (Å²) in [5.74, 6) is -0.999. The molecule has 0 fully saturated rings. The fourth-order valence-electron chi connectivity index (χ4n) is 2.13. The molecule has 0 aliphatic heterocycles. The molecule has 0 saturated carbocycles. The second-order valence-corrected chi connectivity index (χ2v) is 5.30. The van der Waals surface area contributed by atoms with Crippen LogP contribution < -0.4 is 0 Å². The van der Waals surface area contributed by atoms with E-state index in [0.29, 0.717) is 6.54 Å². The van der Waals surface area contributed by atoms with Crippen LogP contribution in [0.15, 0.2) is 0 Å². The molecule has 1 N–H and O–H groups in total. The molecule has 0 aromatic rings. The van der Waals surface area contributed by atoms with Crippen LogP contribution in [0.25, 0.3) is 0 Å². The van der Waals surface area contributed by atoms with Gasteiger partial charge < -0.3 is 14.7 Å². The molecule has 1 atom stereocenters. The van der Waals surface area contributed by atoms with Crippen LogP contribution in [-0.4, -0.2) is 49.3 Å². The predicted octanol–water partition coefficient (Wildman–Crippen LogP) is 3.02. The van der Waals surface area contributed by atoms with Gasteiger partial charge in [0, 0.05) is 26.8 Å². The van der Waals surface area contributed by atoms with Gasteiger partial charge in [-0.1, -0.05) is 39.5 Å². The average molecular weight is 273 g/mol. The summed E-state index contributed by atoms with van der Waals surface area (Å²) in [6, 6.07) is 0. The molecule has 1 unspecified atom stereocenters. The minimum absolute atomic E-state index is 0.293. The van der Waals surface area contributed by atoms with Gasteiger partial charge in [-0.25, -0.2) is 0 Å². The van der Waals surface area contributed by atoms with E-state index in [1.807, 2.05) is 0 Å². The molecule has 0 aromatic heterocycles. The van der Waals surface area contributed by atoms with E-state index in [1.54, 1.807) is 14.0 Å². The third kappa shape index (κ3) is 11.0. The average Bonchev–Trinajstić information content (AvgIpc) is 2.38. The smallest absolute Gasteiger partial charge is 0.307 e. The molecule has 0 aromatic carbocycles. The zero-order chi connectivity index (χ0) is 14.5. The molecule has 0 aliphatic carbocycles. The number of carbonyl (C=O) groups is 1. The van der Waals surface area contributed by atoms with Crippen molar-refractivity contribution in [3.63, 3.8) is 0 Å². The van der Waals surface area contributed by atoms with Crippen LogP contribution in [0, 0.1) is 5.92 Å². The molecule has 0 amide bonds. The highest BCUT2D eigenvalue weighted by Gasteiger charge is 2.15. The number of nitrogens with zero attached hydrogens (tertiary/aromatic N) is 1. The topological polar surface area (TPSA) is 49.8 Å². The lowest BCUT2D eigenvalue weighted by atomic mass is 10.1. The van der Waals surface area contributed by atoms with Crippen LogP contribution in [0.1, 0.15) is 52.4 Å². The summed E-state index contributed by atoms with van der Waals surface area (Å²) in [6.07, 6.45) is 7.23. The monoisotopic (exact) mass is 273 g/mol. The van der Waals surface area contributed by atoms with E-state index in [0.717, 1.165) is 26.1 Å². The Hall–Kier alpha value is -0.610. The molecule has 114 valence electrons. The number of carboxylic acids is 1. The van der Waals surface area contributed by atoms with E-state index in [-0.39, 0.29) is 5.92 Å². The summed E-state index contributed by atoms with van der Waals surface area (Å²) in [4.78, 5) is 13.2.